The molecule has 0 radical (unpaired) electrons. The molecular formula is C21H28N4O5S. The number of benzene rings is 1. The van der Waals surface area contributed by atoms with Gasteiger partial charge in [0.1, 0.15) is 5.56 Å². The van der Waals surface area contributed by atoms with Crippen LogP contribution in [0, 0.1) is 6.92 Å². The average Bonchev–Trinajstić information content (AvgIpc) is 3.24. The Morgan fingerprint density at radius 3 is 2.61 bits per heavy atom. The number of sulfonamides is 1. The third kappa shape index (κ3) is 5.31. The highest BCUT2D eigenvalue weighted by atomic mass is 32.2. The fourth-order valence-electron chi connectivity index (χ4n) is 3.44. The molecule has 1 saturated heterocycles. The number of carbonyl (C=O) groups is 2. The van der Waals surface area contributed by atoms with E-state index in [9.17, 15) is 18.0 Å². The van der Waals surface area contributed by atoms with Crippen molar-refractivity contribution in [2.75, 3.05) is 25.0 Å². The summed E-state index contributed by atoms with van der Waals surface area (Å²) in [5.74, 6) is -1.16. The standard InChI is InChI=1S/C21H28N4O5S/c1-14(2)20-17(12-22-24-20)21(27)30-13-19(26)23-18-11-16(8-7-15(18)3)31(28,29)25-9-5-4-6-10-25/h7-8,11-12,14H,4-6,9-10,13H2,1-3H3,(H,22,24)(H,23,26). The number of esters is 1. The third-order valence-electron chi connectivity index (χ3n) is 5.24. The van der Waals surface area contributed by atoms with Crippen LogP contribution < -0.4 is 5.32 Å². The molecule has 0 aliphatic carbocycles. The fraction of sp³-hybridized carbons (Fsp3) is 0.476. The van der Waals surface area contributed by atoms with Gasteiger partial charge in [0.25, 0.3) is 5.91 Å². The minimum Gasteiger partial charge on any atom is -0.452 e. The lowest BCUT2D eigenvalue weighted by Crippen LogP contribution is -2.35. The summed E-state index contributed by atoms with van der Waals surface area (Å²) in [7, 11) is -3.62. The van der Waals surface area contributed by atoms with Crippen LogP contribution in [-0.2, 0) is 19.6 Å². The largest absolute Gasteiger partial charge is 0.452 e. The number of hydrogen-bond acceptors (Lipinski definition) is 6. The Balaban J connectivity index is 1.66. The van der Waals surface area contributed by atoms with Gasteiger partial charge in [-0.15, -0.1) is 0 Å². The number of hydrogen-bond donors (Lipinski definition) is 2. The van der Waals surface area contributed by atoms with E-state index in [2.05, 4.69) is 15.5 Å². The summed E-state index contributed by atoms with van der Waals surface area (Å²) < 4.78 is 32.4. The predicted octanol–water partition coefficient (Wildman–Crippen LogP) is 2.81. The molecule has 1 amide bonds. The number of nitrogens with zero attached hydrogens (tertiary/aromatic N) is 2. The van der Waals surface area contributed by atoms with Gasteiger partial charge < -0.3 is 10.1 Å². The second-order valence-electron chi connectivity index (χ2n) is 7.92. The highest BCUT2D eigenvalue weighted by Crippen LogP contribution is 2.25. The zero-order valence-electron chi connectivity index (χ0n) is 18.0. The monoisotopic (exact) mass is 448 g/mol. The van der Waals surface area contributed by atoms with Crippen molar-refractivity contribution < 1.29 is 22.7 Å². The van der Waals surface area contributed by atoms with E-state index in [4.69, 9.17) is 4.74 Å². The maximum Gasteiger partial charge on any atom is 0.342 e. The molecule has 10 heteroatoms. The number of ether oxygens (including phenoxy) is 1. The number of aromatic amines is 1. The first-order chi connectivity index (χ1) is 14.7. The molecule has 0 bridgehead atoms. The lowest BCUT2D eigenvalue weighted by atomic mass is 10.1. The molecule has 0 spiro atoms. The van der Waals surface area contributed by atoms with Gasteiger partial charge in [-0.2, -0.15) is 9.40 Å². The van der Waals surface area contributed by atoms with E-state index in [1.807, 2.05) is 13.8 Å². The number of aryl methyl sites for hydroxylation is 1. The van der Waals surface area contributed by atoms with Crippen molar-refractivity contribution in [3.8, 4) is 0 Å². The number of aromatic nitrogens is 2. The molecule has 2 aromatic rings. The van der Waals surface area contributed by atoms with Crippen LogP contribution in [0.3, 0.4) is 0 Å². The molecular weight excluding hydrogens is 420 g/mol. The highest BCUT2D eigenvalue weighted by Gasteiger charge is 2.26. The zero-order chi connectivity index (χ0) is 22.6. The van der Waals surface area contributed by atoms with Gasteiger partial charge in [-0.3, -0.25) is 9.89 Å². The van der Waals surface area contributed by atoms with Gasteiger partial charge >= 0.3 is 5.97 Å². The molecule has 3 rings (SSSR count). The van der Waals surface area contributed by atoms with Gasteiger partial charge in [0.2, 0.25) is 10.0 Å². The van der Waals surface area contributed by atoms with E-state index < -0.39 is 28.5 Å². The van der Waals surface area contributed by atoms with Gasteiger partial charge in [0.05, 0.1) is 16.8 Å². The number of piperidine rings is 1. The summed E-state index contributed by atoms with van der Waals surface area (Å²) in [6.45, 7) is 6.08. The number of rotatable bonds is 7. The Labute approximate surface area is 182 Å². The van der Waals surface area contributed by atoms with Crippen LogP contribution in [-0.4, -0.2) is 54.5 Å². The Morgan fingerprint density at radius 1 is 1.23 bits per heavy atom. The maximum absolute atomic E-state index is 12.9. The summed E-state index contributed by atoms with van der Waals surface area (Å²) in [6, 6.07) is 4.64. The van der Waals surface area contributed by atoms with Crippen LogP contribution in [0.2, 0.25) is 0 Å². The van der Waals surface area contributed by atoms with Gasteiger partial charge in [-0.1, -0.05) is 26.3 Å². The number of anilines is 1. The van der Waals surface area contributed by atoms with Gasteiger partial charge in [-0.25, -0.2) is 13.2 Å². The van der Waals surface area contributed by atoms with Crippen LogP contribution in [0.5, 0.6) is 0 Å². The van der Waals surface area contributed by atoms with E-state index in [-0.39, 0.29) is 16.4 Å². The van der Waals surface area contributed by atoms with Crippen LogP contribution in [0.1, 0.15) is 60.6 Å². The number of H-pyrrole nitrogens is 1. The fourth-order valence-corrected chi connectivity index (χ4v) is 4.99. The normalized spacial score (nSPS) is 15.1. The van der Waals surface area contributed by atoms with Crippen molar-refractivity contribution in [3.63, 3.8) is 0 Å². The van der Waals surface area contributed by atoms with Crippen molar-refractivity contribution in [2.45, 2.75) is 50.8 Å². The van der Waals surface area contributed by atoms with Crippen molar-refractivity contribution in [3.05, 3.63) is 41.2 Å². The van der Waals surface area contributed by atoms with E-state index in [1.165, 1.54) is 16.6 Å². The topological polar surface area (TPSA) is 121 Å². The average molecular weight is 449 g/mol. The summed E-state index contributed by atoms with van der Waals surface area (Å²) in [6.07, 6.45) is 4.08. The quantitative estimate of drug-likeness (QED) is 0.628. The van der Waals surface area contributed by atoms with Crippen molar-refractivity contribution >= 4 is 27.6 Å². The van der Waals surface area contributed by atoms with E-state index in [1.54, 1.807) is 19.1 Å². The summed E-state index contributed by atoms with van der Waals surface area (Å²) >= 11 is 0. The molecule has 1 fully saturated rings. The number of carbonyl (C=O) groups excluding carboxylic acids is 2. The lowest BCUT2D eigenvalue weighted by molar-refractivity contribution is -0.119. The predicted molar refractivity (Wildman–Crippen MR) is 115 cm³/mol. The SMILES string of the molecule is Cc1ccc(S(=O)(=O)N2CCCCC2)cc1NC(=O)COC(=O)c1cn[nH]c1C(C)C. The molecule has 168 valence electrons. The summed E-state index contributed by atoms with van der Waals surface area (Å²) in [5.41, 5.74) is 1.99. The summed E-state index contributed by atoms with van der Waals surface area (Å²) in [4.78, 5) is 24.7. The maximum atomic E-state index is 12.9. The first kappa shape index (κ1) is 23.0. The molecule has 2 N–H and O–H groups in total. The molecule has 1 aliphatic heterocycles. The second kappa shape index (κ2) is 9.61. The molecule has 1 aromatic heterocycles. The van der Waals surface area contributed by atoms with Gasteiger partial charge in [-0.05, 0) is 43.4 Å². The molecule has 2 heterocycles. The third-order valence-corrected chi connectivity index (χ3v) is 7.13. The smallest absolute Gasteiger partial charge is 0.342 e. The van der Waals surface area contributed by atoms with Crippen molar-refractivity contribution in [1.82, 2.24) is 14.5 Å². The first-order valence-electron chi connectivity index (χ1n) is 10.3. The lowest BCUT2D eigenvalue weighted by Gasteiger charge is -2.26. The van der Waals surface area contributed by atoms with Crippen LogP contribution >= 0.6 is 0 Å². The minimum absolute atomic E-state index is 0.0473. The van der Waals surface area contributed by atoms with Crippen LogP contribution in [0.15, 0.2) is 29.3 Å². The highest BCUT2D eigenvalue weighted by molar-refractivity contribution is 7.89. The second-order valence-corrected chi connectivity index (χ2v) is 9.86. The molecule has 9 nitrogen and oxygen atoms in total. The summed E-state index contributed by atoms with van der Waals surface area (Å²) in [5, 5.41) is 9.25. The number of amides is 1. The van der Waals surface area contributed by atoms with Gasteiger partial charge in [0.15, 0.2) is 6.61 Å². The van der Waals surface area contributed by atoms with E-state index in [0.717, 1.165) is 19.3 Å². The van der Waals surface area contributed by atoms with Gasteiger partial charge in [0, 0.05) is 18.8 Å². The molecule has 1 aromatic carbocycles. The molecule has 1 aliphatic rings. The Bertz CT molecular complexity index is 1060. The minimum atomic E-state index is -3.62. The number of nitrogens with one attached hydrogen (secondary N) is 2. The molecule has 0 saturated carbocycles. The Kier molecular flexibility index (Phi) is 7.11. The molecule has 0 atom stereocenters. The van der Waals surface area contributed by atoms with Crippen molar-refractivity contribution in [1.29, 1.82) is 0 Å². The molecule has 31 heavy (non-hydrogen) atoms. The molecule has 0 unspecified atom stereocenters. The van der Waals surface area contributed by atoms with E-state index >= 15 is 0 Å². The van der Waals surface area contributed by atoms with E-state index in [0.29, 0.717) is 30.0 Å². The van der Waals surface area contributed by atoms with Crippen molar-refractivity contribution in [2.24, 2.45) is 0 Å². The first-order valence-corrected chi connectivity index (χ1v) is 11.7. The van der Waals surface area contributed by atoms with Crippen LogP contribution in [0.25, 0.3) is 0 Å². The zero-order valence-corrected chi connectivity index (χ0v) is 18.8. The Morgan fingerprint density at radius 2 is 1.94 bits per heavy atom. The van der Waals surface area contributed by atoms with Crippen LogP contribution in [0.4, 0.5) is 5.69 Å². The Hall–Kier alpha value is -2.72.